The molecule has 0 spiro atoms. The van der Waals surface area contributed by atoms with Crippen LogP contribution in [-0.2, 0) is 11.3 Å². The molecule has 5 heteroatoms. The van der Waals surface area contributed by atoms with Crippen molar-refractivity contribution in [1.29, 1.82) is 0 Å². The molecule has 0 aliphatic carbocycles. The van der Waals surface area contributed by atoms with Crippen LogP contribution in [-0.4, -0.2) is 36.2 Å². The lowest BCUT2D eigenvalue weighted by Crippen LogP contribution is -2.31. The molecule has 0 aromatic heterocycles. The molecule has 0 radical (unpaired) electrons. The number of likely N-dealkylation sites (N-methyl/N-ethyl adjacent to an activating group) is 1. The van der Waals surface area contributed by atoms with Gasteiger partial charge in [-0.3, -0.25) is 4.90 Å². The number of thiocarbonyl (C=S) groups is 1. The van der Waals surface area contributed by atoms with Crippen molar-refractivity contribution < 1.29 is 9.13 Å². The average molecular weight is 268 g/mol. The quantitative estimate of drug-likeness (QED) is 0.843. The van der Waals surface area contributed by atoms with Crippen LogP contribution in [0.15, 0.2) is 18.2 Å². The maximum absolute atomic E-state index is 13.9. The molecule has 3 nitrogen and oxygen atoms in total. The zero-order chi connectivity index (χ0) is 13.1. The van der Waals surface area contributed by atoms with Crippen LogP contribution >= 0.6 is 12.2 Å². The third kappa shape index (κ3) is 3.04. The Balaban J connectivity index is 2.06. The first-order chi connectivity index (χ1) is 8.58. The van der Waals surface area contributed by atoms with Gasteiger partial charge in [0, 0.05) is 30.3 Å². The van der Waals surface area contributed by atoms with Gasteiger partial charge in [0.1, 0.15) is 10.8 Å². The standard InChI is InChI=1S/C13H17FN2OS/c1-16(11-4-5-17-8-11)7-10-3-2-9(13(15)18)6-12(10)14/h2-3,6,11H,4-5,7-8H2,1H3,(H2,15,18). The Morgan fingerprint density at radius 1 is 1.61 bits per heavy atom. The summed E-state index contributed by atoms with van der Waals surface area (Å²) in [7, 11) is 1.99. The van der Waals surface area contributed by atoms with Gasteiger partial charge in [0.2, 0.25) is 0 Å². The van der Waals surface area contributed by atoms with Crippen molar-refractivity contribution in [3.63, 3.8) is 0 Å². The van der Waals surface area contributed by atoms with E-state index in [1.54, 1.807) is 12.1 Å². The van der Waals surface area contributed by atoms with E-state index in [-0.39, 0.29) is 10.8 Å². The second-order valence-corrected chi connectivity index (χ2v) is 5.04. The van der Waals surface area contributed by atoms with E-state index in [2.05, 4.69) is 4.90 Å². The maximum atomic E-state index is 13.9. The van der Waals surface area contributed by atoms with Gasteiger partial charge in [-0.2, -0.15) is 0 Å². The van der Waals surface area contributed by atoms with Crippen LogP contribution in [0.3, 0.4) is 0 Å². The molecular weight excluding hydrogens is 251 g/mol. The SMILES string of the molecule is CN(Cc1ccc(C(N)=S)cc1F)C1CCOC1. The number of ether oxygens (including phenoxy) is 1. The topological polar surface area (TPSA) is 38.5 Å². The summed E-state index contributed by atoms with van der Waals surface area (Å²) in [6.45, 7) is 2.08. The van der Waals surface area contributed by atoms with Gasteiger partial charge < -0.3 is 10.5 Å². The number of rotatable bonds is 4. The molecule has 2 rings (SSSR count). The van der Waals surface area contributed by atoms with Crippen LogP contribution in [0.2, 0.25) is 0 Å². The lowest BCUT2D eigenvalue weighted by Gasteiger charge is -2.23. The first-order valence-corrected chi connectivity index (χ1v) is 6.35. The zero-order valence-electron chi connectivity index (χ0n) is 10.4. The summed E-state index contributed by atoms with van der Waals surface area (Å²) in [5, 5.41) is 0. The minimum Gasteiger partial charge on any atom is -0.389 e. The molecule has 1 fully saturated rings. The number of nitrogens with two attached hydrogens (primary N) is 1. The molecule has 0 bridgehead atoms. The fraction of sp³-hybridized carbons (Fsp3) is 0.462. The largest absolute Gasteiger partial charge is 0.389 e. The maximum Gasteiger partial charge on any atom is 0.128 e. The molecule has 0 saturated carbocycles. The second kappa shape index (κ2) is 5.73. The minimum absolute atomic E-state index is 0.220. The van der Waals surface area contributed by atoms with Gasteiger partial charge in [-0.15, -0.1) is 0 Å². The number of hydrogen-bond donors (Lipinski definition) is 1. The molecule has 1 unspecified atom stereocenters. The van der Waals surface area contributed by atoms with Crippen LogP contribution in [0.25, 0.3) is 0 Å². The van der Waals surface area contributed by atoms with Gasteiger partial charge in [0.25, 0.3) is 0 Å². The van der Waals surface area contributed by atoms with Gasteiger partial charge in [0.05, 0.1) is 6.61 Å². The molecule has 1 aromatic rings. The smallest absolute Gasteiger partial charge is 0.128 e. The van der Waals surface area contributed by atoms with Gasteiger partial charge in [0.15, 0.2) is 0 Å². The first kappa shape index (κ1) is 13.4. The molecule has 1 aromatic carbocycles. The van der Waals surface area contributed by atoms with Crippen molar-refractivity contribution in [3.05, 3.63) is 35.1 Å². The number of benzene rings is 1. The van der Waals surface area contributed by atoms with E-state index in [0.717, 1.165) is 19.6 Å². The molecule has 98 valence electrons. The lowest BCUT2D eigenvalue weighted by atomic mass is 10.1. The van der Waals surface area contributed by atoms with E-state index in [0.29, 0.717) is 23.7 Å². The van der Waals surface area contributed by atoms with Crippen LogP contribution in [0, 0.1) is 5.82 Å². The van der Waals surface area contributed by atoms with Crippen LogP contribution in [0.5, 0.6) is 0 Å². The molecular formula is C13H17FN2OS. The Morgan fingerprint density at radius 3 is 2.94 bits per heavy atom. The molecule has 1 saturated heterocycles. The van der Waals surface area contributed by atoms with Gasteiger partial charge >= 0.3 is 0 Å². The summed E-state index contributed by atoms with van der Waals surface area (Å²) in [6.07, 6.45) is 1.00. The highest BCUT2D eigenvalue weighted by atomic mass is 32.1. The molecule has 18 heavy (non-hydrogen) atoms. The summed E-state index contributed by atoms with van der Waals surface area (Å²) >= 11 is 4.82. The normalized spacial score (nSPS) is 19.4. The summed E-state index contributed by atoms with van der Waals surface area (Å²) in [5.74, 6) is -0.258. The van der Waals surface area contributed by atoms with Gasteiger partial charge in [-0.25, -0.2) is 4.39 Å². The number of nitrogens with zero attached hydrogens (tertiary/aromatic N) is 1. The van der Waals surface area contributed by atoms with Crippen molar-refractivity contribution in [2.24, 2.45) is 5.73 Å². The average Bonchev–Trinajstić information content (AvgIpc) is 2.85. The fourth-order valence-electron chi connectivity index (χ4n) is 2.10. The second-order valence-electron chi connectivity index (χ2n) is 4.60. The highest BCUT2D eigenvalue weighted by Crippen LogP contribution is 2.17. The molecule has 1 heterocycles. The van der Waals surface area contributed by atoms with Crippen molar-refractivity contribution in [2.45, 2.75) is 19.0 Å². The van der Waals surface area contributed by atoms with Crippen molar-refractivity contribution in [2.75, 3.05) is 20.3 Å². The fourth-order valence-corrected chi connectivity index (χ4v) is 2.22. The molecule has 1 aliphatic heterocycles. The van der Waals surface area contributed by atoms with Crippen LogP contribution in [0.1, 0.15) is 17.5 Å². The highest BCUT2D eigenvalue weighted by molar-refractivity contribution is 7.80. The van der Waals surface area contributed by atoms with E-state index >= 15 is 0 Å². The van der Waals surface area contributed by atoms with E-state index in [1.807, 2.05) is 7.05 Å². The molecule has 0 amide bonds. The lowest BCUT2D eigenvalue weighted by molar-refractivity contribution is 0.155. The van der Waals surface area contributed by atoms with Crippen LogP contribution in [0.4, 0.5) is 4.39 Å². The Bertz CT molecular complexity index is 447. The molecule has 1 atom stereocenters. The van der Waals surface area contributed by atoms with E-state index in [4.69, 9.17) is 22.7 Å². The monoisotopic (exact) mass is 268 g/mol. The Hall–Kier alpha value is -1.04. The summed E-state index contributed by atoms with van der Waals surface area (Å²) in [5.41, 5.74) is 6.70. The van der Waals surface area contributed by atoms with Crippen molar-refractivity contribution >= 4 is 17.2 Å². The third-order valence-corrected chi connectivity index (χ3v) is 3.52. The highest BCUT2D eigenvalue weighted by Gasteiger charge is 2.21. The predicted octanol–water partition coefficient (Wildman–Crippen LogP) is 1.68. The summed E-state index contributed by atoms with van der Waals surface area (Å²) in [6, 6.07) is 5.28. The van der Waals surface area contributed by atoms with Gasteiger partial charge in [-0.1, -0.05) is 24.4 Å². The molecule has 1 aliphatic rings. The van der Waals surface area contributed by atoms with Gasteiger partial charge in [-0.05, 0) is 19.5 Å². The Labute approximate surface area is 112 Å². The summed E-state index contributed by atoms with van der Waals surface area (Å²) in [4.78, 5) is 2.34. The Morgan fingerprint density at radius 2 is 2.39 bits per heavy atom. The van der Waals surface area contributed by atoms with E-state index in [9.17, 15) is 4.39 Å². The Kier molecular flexibility index (Phi) is 4.27. The first-order valence-electron chi connectivity index (χ1n) is 5.94. The summed E-state index contributed by atoms with van der Waals surface area (Å²) < 4.78 is 19.2. The number of hydrogen-bond acceptors (Lipinski definition) is 3. The third-order valence-electron chi connectivity index (χ3n) is 3.29. The van der Waals surface area contributed by atoms with E-state index in [1.165, 1.54) is 6.07 Å². The minimum atomic E-state index is -0.258. The molecule has 2 N–H and O–H groups in total. The number of halogens is 1. The van der Waals surface area contributed by atoms with Crippen molar-refractivity contribution in [1.82, 2.24) is 4.90 Å². The zero-order valence-corrected chi connectivity index (χ0v) is 11.2. The van der Waals surface area contributed by atoms with E-state index < -0.39 is 0 Å². The van der Waals surface area contributed by atoms with Crippen LogP contribution < -0.4 is 5.73 Å². The van der Waals surface area contributed by atoms with Crippen molar-refractivity contribution in [3.8, 4) is 0 Å². The predicted molar refractivity (Wildman–Crippen MR) is 73.0 cm³/mol.